The fourth-order valence-electron chi connectivity index (χ4n) is 2.26. The number of thiophene rings is 1. The molecule has 0 saturated heterocycles. The van der Waals surface area contributed by atoms with Crippen molar-refractivity contribution in [2.45, 2.75) is 6.92 Å². The Labute approximate surface area is 144 Å². The Hall–Kier alpha value is -2.80. The highest BCUT2D eigenvalue weighted by molar-refractivity contribution is 7.20. The molecule has 0 bridgehead atoms. The van der Waals surface area contributed by atoms with Gasteiger partial charge in [-0.05, 0) is 25.1 Å². The molecule has 0 aliphatic heterocycles. The van der Waals surface area contributed by atoms with Crippen LogP contribution in [0.5, 0.6) is 0 Å². The summed E-state index contributed by atoms with van der Waals surface area (Å²) < 4.78 is 0. The van der Waals surface area contributed by atoms with Crippen LogP contribution in [0.15, 0.2) is 48.6 Å². The zero-order chi connectivity index (χ0) is 16.9. The number of nitrogens with zero attached hydrogens (tertiary/aromatic N) is 2. The van der Waals surface area contributed by atoms with E-state index in [1.807, 2.05) is 62.5 Å². The van der Waals surface area contributed by atoms with Crippen molar-refractivity contribution in [3.05, 3.63) is 53.4 Å². The zero-order valence-electron chi connectivity index (χ0n) is 13.5. The Morgan fingerprint density at radius 1 is 1.38 bits per heavy atom. The van der Waals surface area contributed by atoms with E-state index in [1.54, 1.807) is 5.01 Å². The first kappa shape index (κ1) is 16.1. The summed E-state index contributed by atoms with van der Waals surface area (Å²) in [4.78, 5) is 13.9. The molecule has 0 saturated carbocycles. The van der Waals surface area contributed by atoms with Gasteiger partial charge in [0.1, 0.15) is 10.6 Å². The van der Waals surface area contributed by atoms with Crippen LogP contribution in [0.2, 0.25) is 0 Å². The van der Waals surface area contributed by atoms with Gasteiger partial charge in [-0.3, -0.25) is 20.3 Å². The molecule has 0 unspecified atom stereocenters. The van der Waals surface area contributed by atoms with Gasteiger partial charge in [-0.2, -0.15) is 5.10 Å². The minimum Gasteiger partial charge on any atom is -0.366 e. The average molecular weight is 341 g/mol. The normalized spacial score (nSPS) is 11.1. The molecule has 6 nitrogen and oxygen atoms in total. The maximum Gasteiger partial charge on any atom is 0.279 e. The van der Waals surface area contributed by atoms with Gasteiger partial charge in [-0.25, -0.2) is 0 Å². The number of carbonyl (C=O) groups is 1. The Morgan fingerprint density at radius 2 is 2.17 bits per heavy atom. The summed E-state index contributed by atoms with van der Waals surface area (Å²) >= 11 is 1.36. The Morgan fingerprint density at radius 3 is 2.92 bits per heavy atom. The third-order valence-corrected chi connectivity index (χ3v) is 4.55. The maximum absolute atomic E-state index is 12.5. The number of hydrogen-bond acceptors (Lipinski definition) is 5. The largest absolute Gasteiger partial charge is 0.366 e. The summed E-state index contributed by atoms with van der Waals surface area (Å²) in [5, 5.41) is 13.1. The topological polar surface area (TPSA) is 73.0 Å². The van der Waals surface area contributed by atoms with Gasteiger partial charge < -0.3 is 5.32 Å². The third kappa shape index (κ3) is 3.41. The molecule has 0 radical (unpaired) electrons. The van der Waals surface area contributed by atoms with Crippen molar-refractivity contribution < 1.29 is 4.79 Å². The lowest BCUT2D eigenvalue weighted by molar-refractivity contribution is 0.0955. The molecule has 0 fully saturated rings. The molecule has 0 spiro atoms. The van der Waals surface area contributed by atoms with Gasteiger partial charge in [-0.1, -0.05) is 30.4 Å². The van der Waals surface area contributed by atoms with Crippen molar-refractivity contribution in [2.24, 2.45) is 0 Å². The predicted octanol–water partition coefficient (Wildman–Crippen LogP) is 3.39. The number of carbonyl (C=O) groups excluding carboxylic acids is 1. The summed E-state index contributed by atoms with van der Waals surface area (Å²) in [5.74, 6) is 0.679. The number of anilines is 2. The quantitative estimate of drug-likeness (QED) is 0.475. The highest BCUT2D eigenvalue weighted by Crippen LogP contribution is 2.29. The van der Waals surface area contributed by atoms with Crippen LogP contribution in [0.3, 0.4) is 0 Å². The van der Waals surface area contributed by atoms with Gasteiger partial charge in [0.15, 0.2) is 0 Å². The summed E-state index contributed by atoms with van der Waals surface area (Å²) in [6, 6.07) is 11.5. The van der Waals surface area contributed by atoms with Gasteiger partial charge >= 0.3 is 0 Å². The average Bonchev–Trinajstić information content (AvgIpc) is 3.17. The van der Waals surface area contributed by atoms with Crippen molar-refractivity contribution in [1.29, 1.82) is 0 Å². The van der Waals surface area contributed by atoms with Crippen LogP contribution in [-0.4, -0.2) is 29.7 Å². The molecule has 3 N–H and O–H groups in total. The van der Waals surface area contributed by atoms with Crippen molar-refractivity contribution in [3.8, 4) is 0 Å². The van der Waals surface area contributed by atoms with Gasteiger partial charge in [0.2, 0.25) is 0 Å². The number of hydrazine groups is 1. The summed E-state index contributed by atoms with van der Waals surface area (Å²) in [6.45, 7) is 2.68. The van der Waals surface area contributed by atoms with E-state index >= 15 is 0 Å². The summed E-state index contributed by atoms with van der Waals surface area (Å²) in [7, 11) is 1.82. The number of benzene rings is 1. The fraction of sp³-hybridized carbons (Fsp3) is 0.176. The molecule has 0 aliphatic carbocycles. The number of H-pyrrole nitrogens is 1. The number of aromatic nitrogens is 2. The molecule has 7 heteroatoms. The lowest BCUT2D eigenvalue weighted by Crippen LogP contribution is -2.38. The number of allylic oxidation sites excluding steroid dienone is 1. The molecule has 3 rings (SSSR count). The van der Waals surface area contributed by atoms with Gasteiger partial charge in [0, 0.05) is 13.6 Å². The molecule has 1 aromatic carbocycles. The number of aromatic amines is 1. The molecule has 3 aromatic rings. The standard InChI is InChI=1S/C17H19N5OS/c1-3-4-10-18-15-13-11-14(24-17(13)20-19-15)16(23)21-22(2)12-8-6-5-7-9-12/h3-9,11H,10H2,1-2H3,(H,21,23)(H2,18,19,20)/b4-3+. The van der Waals surface area contributed by atoms with E-state index in [-0.39, 0.29) is 5.91 Å². The molecule has 24 heavy (non-hydrogen) atoms. The van der Waals surface area contributed by atoms with Crippen molar-refractivity contribution >= 4 is 39.0 Å². The van der Waals surface area contributed by atoms with E-state index in [4.69, 9.17) is 0 Å². The van der Waals surface area contributed by atoms with E-state index in [0.717, 1.165) is 21.7 Å². The summed E-state index contributed by atoms with van der Waals surface area (Å²) in [5.41, 5.74) is 3.79. The lowest BCUT2D eigenvalue weighted by atomic mass is 10.3. The Kier molecular flexibility index (Phi) is 4.81. The highest BCUT2D eigenvalue weighted by Gasteiger charge is 2.16. The Bertz CT molecular complexity index is 852. The molecule has 1 amide bonds. The van der Waals surface area contributed by atoms with Crippen LogP contribution in [0.1, 0.15) is 16.6 Å². The number of amides is 1. The number of rotatable bonds is 6. The first-order valence-electron chi connectivity index (χ1n) is 7.61. The fourth-order valence-corrected chi connectivity index (χ4v) is 3.15. The number of hydrogen-bond donors (Lipinski definition) is 3. The molecule has 2 heterocycles. The predicted molar refractivity (Wildman–Crippen MR) is 99.6 cm³/mol. The van der Waals surface area contributed by atoms with E-state index in [0.29, 0.717) is 11.4 Å². The SMILES string of the molecule is C/C=C/CNc1[nH]nc2sc(C(=O)NN(C)c3ccccc3)cc12. The molecule has 0 atom stereocenters. The highest BCUT2D eigenvalue weighted by atomic mass is 32.1. The molecule has 124 valence electrons. The monoisotopic (exact) mass is 341 g/mol. The second-order valence-corrected chi connectivity index (χ2v) is 6.24. The van der Waals surface area contributed by atoms with Gasteiger partial charge in [0.05, 0.1) is 16.0 Å². The minimum absolute atomic E-state index is 0.149. The summed E-state index contributed by atoms with van der Waals surface area (Å²) in [6.07, 6.45) is 3.99. The van der Waals surface area contributed by atoms with Crippen molar-refractivity contribution in [3.63, 3.8) is 0 Å². The van der Waals surface area contributed by atoms with E-state index in [2.05, 4.69) is 20.9 Å². The van der Waals surface area contributed by atoms with E-state index < -0.39 is 0 Å². The zero-order valence-corrected chi connectivity index (χ0v) is 14.4. The molecular weight excluding hydrogens is 322 g/mol. The van der Waals surface area contributed by atoms with Crippen LogP contribution in [0.4, 0.5) is 11.5 Å². The van der Waals surface area contributed by atoms with E-state index in [1.165, 1.54) is 11.3 Å². The third-order valence-electron chi connectivity index (χ3n) is 3.52. The molecular formula is C17H19N5OS. The first-order chi connectivity index (χ1) is 11.7. The Balaban J connectivity index is 1.73. The second-order valence-electron chi connectivity index (χ2n) is 5.21. The minimum atomic E-state index is -0.149. The van der Waals surface area contributed by atoms with Crippen LogP contribution < -0.4 is 15.8 Å². The van der Waals surface area contributed by atoms with E-state index in [9.17, 15) is 4.79 Å². The number of para-hydroxylation sites is 1. The van der Waals surface area contributed by atoms with Crippen molar-refractivity contribution in [2.75, 3.05) is 23.9 Å². The molecule has 0 aliphatic rings. The van der Waals surface area contributed by atoms with Crippen LogP contribution in [0, 0.1) is 0 Å². The number of nitrogens with one attached hydrogen (secondary N) is 3. The van der Waals surface area contributed by atoms with Gasteiger partial charge in [-0.15, -0.1) is 11.3 Å². The first-order valence-corrected chi connectivity index (χ1v) is 8.43. The number of fused-ring (bicyclic) bond motifs is 1. The second kappa shape index (κ2) is 7.18. The van der Waals surface area contributed by atoms with Crippen molar-refractivity contribution in [1.82, 2.24) is 15.6 Å². The van der Waals surface area contributed by atoms with Crippen LogP contribution in [0.25, 0.3) is 10.2 Å². The van der Waals surface area contributed by atoms with Crippen LogP contribution in [-0.2, 0) is 0 Å². The lowest BCUT2D eigenvalue weighted by Gasteiger charge is -2.19. The maximum atomic E-state index is 12.5. The smallest absolute Gasteiger partial charge is 0.279 e. The molecule has 2 aromatic heterocycles. The van der Waals surface area contributed by atoms with Crippen LogP contribution >= 0.6 is 11.3 Å². The van der Waals surface area contributed by atoms with Gasteiger partial charge in [0.25, 0.3) is 5.91 Å².